The number of ether oxygens (including phenoxy) is 2. The van der Waals surface area contributed by atoms with E-state index >= 15 is 0 Å². The van der Waals surface area contributed by atoms with E-state index in [0.717, 1.165) is 40.6 Å². The molecule has 0 spiro atoms. The second-order valence-corrected chi connectivity index (χ2v) is 8.32. The van der Waals surface area contributed by atoms with Crippen LogP contribution in [0.1, 0.15) is 48.4 Å². The minimum absolute atomic E-state index is 0.0441. The minimum Gasteiger partial charge on any atom is -0.493 e. The fraction of sp³-hybridized carbons (Fsp3) is 0.269. The zero-order valence-electron chi connectivity index (χ0n) is 17.1. The van der Waals surface area contributed by atoms with E-state index in [-0.39, 0.29) is 12.1 Å². The van der Waals surface area contributed by atoms with Crippen LogP contribution in [0.3, 0.4) is 0 Å². The van der Waals surface area contributed by atoms with Gasteiger partial charge in [-0.25, -0.2) is 0 Å². The van der Waals surface area contributed by atoms with E-state index in [0.29, 0.717) is 0 Å². The van der Waals surface area contributed by atoms with Gasteiger partial charge in [-0.15, -0.1) is 0 Å². The predicted octanol–water partition coefficient (Wildman–Crippen LogP) is 6.30. The largest absolute Gasteiger partial charge is 0.493 e. The van der Waals surface area contributed by atoms with Crippen molar-refractivity contribution in [2.75, 3.05) is 12.0 Å². The second-order valence-electron chi connectivity index (χ2n) is 7.94. The highest BCUT2D eigenvalue weighted by atomic mass is 32.1. The van der Waals surface area contributed by atoms with Crippen molar-refractivity contribution in [3.8, 4) is 11.5 Å². The minimum atomic E-state index is 0.0441. The Kier molecular flexibility index (Phi) is 5.17. The average molecular weight is 416 g/mol. The van der Waals surface area contributed by atoms with Gasteiger partial charge in [0.2, 0.25) is 0 Å². The van der Waals surface area contributed by atoms with Gasteiger partial charge in [0.25, 0.3) is 0 Å². The molecule has 3 aromatic carbocycles. The smallest absolute Gasteiger partial charge is 0.163 e. The van der Waals surface area contributed by atoms with Crippen molar-refractivity contribution >= 4 is 22.9 Å². The predicted molar refractivity (Wildman–Crippen MR) is 125 cm³/mol. The summed E-state index contributed by atoms with van der Waals surface area (Å²) in [6.07, 6.45) is 4.94. The van der Waals surface area contributed by atoms with Gasteiger partial charge in [-0.05, 0) is 48.9 Å². The molecule has 1 aliphatic carbocycles. The maximum atomic E-state index is 6.36. The van der Waals surface area contributed by atoms with E-state index in [4.69, 9.17) is 21.7 Å². The second kappa shape index (κ2) is 8.11. The topological polar surface area (TPSA) is 21.7 Å². The van der Waals surface area contributed by atoms with Crippen LogP contribution in [0.2, 0.25) is 0 Å². The lowest BCUT2D eigenvalue weighted by Gasteiger charge is -2.28. The Morgan fingerprint density at radius 3 is 2.37 bits per heavy atom. The molecule has 5 rings (SSSR count). The lowest BCUT2D eigenvalue weighted by molar-refractivity contribution is 0.201. The van der Waals surface area contributed by atoms with Crippen molar-refractivity contribution in [2.24, 2.45) is 0 Å². The average Bonchev–Trinajstić information content (AvgIpc) is 3.40. The Balaban J connectivity index is 1.58. The van der Waals surface area contributed by atoms with Crippen LogP contribution >= 0.6 is 12.2 Å². The number of nitrogens with zero attached hydrogens (tertiary/aromatic N) is 1. The first-order valence-electron chi connectivity index (χ1n) is 10.6. The van der Waals surface area contributed by atoms with Gasteiger partial charge in [-0.2, -0.15) is 0 Å². The standard InChI is InChI=1S/C26H25NO2S/c1-28-23-16-15-19(17-24(23)29-20-11-5-6-12-20)27-25(18-9-3-2-4-10-18)21-13-7-8-14-22(21)26(27)30/h2-4,7-10,13-17,20,25H,5-6,11-12H2,1H3. The molecule has 2 aliphatic rings. The fourth-order valence-corrected chi connectivity index (χ4v) is 5.04. The van der Waals surface area contributed by atoms with Crippen molar-refractivity contribution in [1.29, 1.82) is 0 Å². The quantitative estimate of drug-likeness (QED) is 0.456. The maximum absolute atomic E-state index is 6.36. The van der Waals surface area contributed by atoms with Crippen LogP contribution in [0.5, 0.6) is 11.5 Å². The van der Waals surface area contributed by atoms with Gasteiger partial charge >= 0.3 is 0 Å². The molecule has 0 saturated heterocycles. The molecule has 0 bridgehead atoms. The molecular weight excluding hydrogens is 390 g/mol. The van der Waals surface area contributed by atoms with Crippen LogP contribution in [-0.4, -0.2) is 18.2 Å². The van der Waals surface area contributed by atoms with Crippen LogP contribution in [0.25, 0.3) is 0 Å². The van der Waals surface area contributed by atoms with Crippen molar-refractivity contribution in [1.82, 2.24) is 0 Å². The van der Waals surface area contributed by atoms with Crippen LogP contribution < -0.4 is 14.4 Å². The summed E-state index contributed by atoms with van der Waals surface area (Å²) in [6, 6.07) is 25.2. The first kappa shape index (κ1) is 19.1. The number of thiocarbonyl (C=S) groups is 1. The summed E-state index contributed by atoms with van der Waals surface area (Å²) in [5.74, 6) is 1.57. The Morgan fingerprint density at radius 1 is 0.867 bits per heavy atom. The molecule has 0 radical (unpaired) electrons. The zero-order chi connectivity index (χ0) is 20.5. The molecule has 3 nitrogen and oxygen atoms in total. The summed E-state index contributed by atoms with van der Waals surface area (Å²) in [5.41, 5.74) is 4.61. The molecule has 0 aromatic heterocycles. The number of hydrogen-bond donors (Lipinski definition) is 0. The molecule has 1 atom stereocenters. The normalized spacial score (nSPS) is 18.5. The van der Waals surface area contributed by atoms with E-state index in [1.807, 2.05) is 12.1 Å². The summed E-state index contributed by atoms with van der Waals surface area (Å²) in [7, 11) is 1.69. The highest BCUT2D eigenvalue weighted by Gasteiger charge is 2.36. The lowest BCUT2D eigenvalue weighted by atomic mass is 9.98. The van der Waals surface area contributed by atoms with Crippen molar-refractivity contribution in [3.05, 3.63) is 89.5 Å². The number of benzene rings is 3. The highest BCUT2D eigenvalue weighted by Crippen LogP contribution is 2.44. The molecule has 1 unspecified atom stereocenters. The number of rotatable bonds is 5. The Bertz CT molecular complexity index is 1060. The third-order valence-electron chi connectivity index (χ3n) is 6.10. The van der Waals surface area contributed by atoms with Gasteiger partial charge in [0.15, 0.2) is 11.5 Å². The van der Waals surface area contributed by atoms with Gasteiger partial charge in [0, 0.05) is 17.3 Å². The third kappa shape index (κ3) is 3.35. The number of methoxy groups -OCH3 is 1. The molecule has 1 fully saturated rings. The molecule has 1 aliphatic heterocycles. The molecule has 1 heterocycles. The molecule has 30 heavy (non-hydrogen) atoms. The SMILES string of the molecule is COc1ccc(N2C(=S)c3ccccc3C2c2ccccc2)cc1OC1CCCC1. The molecule has 152 valence electrons. The van der Waals surface area contributed by atoms with Crippen molar-refractivity contribution < 1.29 is 9.47 Å². The van der Waals surface area contributed by atoms with E-state index in [1.54, 1.807) is 7.11 Å². The lowest BCUT2D eigenvalue weighted by Crippen LogP contribution is -2.27. The molecule has 3 aromatic rings. The first-order chi connectivity index (χ1) is 14.8. The summed E-state index contributed by atoms with van der Waals surface area (Å²) >= 11 is 5.96. The summed E-state index contributed by atoms with van der Waals surface area (Å²) in [5, 5.41) is 0. The molecule has 4 heteroatoms. The van der Waals surface area contributed by atoms with Gasteiger partial charge in [-0.1, -0.05) is 66.8 Å². The van der Waals surface area contributed by atoms with E-state index in [2.05, 4.69) is 65.6 Å². The molecular formula is C26H25NO2S. The van der Waals surface area contributed by atoms with Crippen LogP contribution in [-0.2, 0) is 0 Å². The summed E-state index contributed by atoms with van der Waals surface area (Å²) < 4.78 is 12.0. The Morgan fingerprint density at radius 2 is 1.60 bits per heavy atom. The highest BCUT2D eigenvalue weighted by molar-refractivity contribution is 7.81. The third-order valence-corrected chi connectivity index (χ3v) is 6.52. The first-order valence-corrected chi connectivity index (χ1v) is 11.0. The number of fused-ring (bicyclic) bond motifs is 1. The van der Waals surface area contributed by atoms with Gasteiger partial charge in [0.05, 0.1) is 19.3 Å². The van der Waals surface area contributed by atoms with E-state index < -0.39 is 0 Å². The molecule has 0 N–H and O–H groups in total. The zero-order valence-corrected chi connectivity index (χ0v) is 17.9. The Labute approximate surface area is 183 Å². The van der Waals surface area contributed by atoms with Crippen molar-refractivity contribution in [2.45, 2.75) is 37.8 Å². The van der Waals surface area contributed by atoms with Crippen LogP contribution in [0, 0.1) is 0 Å². The van der Waals surface area contributed by atoms with Gasteiger partial charge < -0.3 is 14.4 Å². The Hall–Kier alpha value is -2.85. The van der Waals surface area contributed by atoms with Gasteiger partial charge in [0.1, 0.15) is 4.99 Å². The van der Waals surface area contributed by atoms with Crippen LogP contribution in [0.15, 0.2) is 72.8 Å². The molecule has 1 saturated carbocycles. The van der Waals surface area contributed by atoms with E-state index in [9.17, 15) is 0 Å². The van der Waals surface area contributed by atoms with Crippen molar-refractivity contribution in [3.63, 3.8) is 0 Å². The monoisotopic (exact) mass is 415 g/mol. The molecule has 0 amide bonds. The number of hydrogen-bond acceptors (Lipinski definition) is 3. The summed E-state index contributed by atoms with van der Waals surface area (Å²) in [6.45, 7) is 0. The summed E-state index contributed by atoms with van der Waals surface area (Å²) in [4.78, 5) is 3.09. The number of anilines is 1. The maximum Gasteiger partial charge on any atom is 0.163 e. The fourth-order valence-electron chi connectivity index (χ4n) is 4.64. The van der Waals surface area contributed by atoms with Crippen LogP contribution in [0.4, 0.5) is 5.69 Å². The van der Waals surface area contributed by atoms with E-state index in [1.165, 1.54) is 24.0 Å². The van der Waals surface area contributed by atoms with Gasteiger partial charge in [-0.3, -0.25) is 0 Å².